The molecule has 0 bridgehead atoms. The van der Waals surface area contributed by atoms with Crippen molar-refractivity contribution in [3.8, 4) is 11.1 Å². The molecule has 1 aliphatic carbocycles. The maximum Gasteiger partial charge on any atom is 0.227 e. The maximum atomic E-state index is 12.9. The van der Waals surface area contributed by atoms with Crippen molar-refractivity contribution in [3.05, 3.63) is 83.8 Å². The number of hydrogen-bond donors (Lipinski definition) is 2. The topological polar surface area (TPSA) is 82.8 Å². The molecule has 7 nitrogen and oxygen atoms in total. The lowest BCUT2D eigenvalue weighted by atomic mass is 9.75. The lowest BCUT2D eigenvalue weighted by Crippen LogP contribution is -2.54. The van der Waals surface area contributed by atoms with Crippen LogP contribution in [0.1, 0.15) is 68.7 Å². The van der Waals surface area contributed by atoms with Gasteiger partial charge in [-0.2, -0.15) is 5.10 Å². The van der Waals surface area contributed by atoms with Crippen LogP contribution in [0.4, 0.5) is 5.82 Å². The number of aromatic nitrogens is 3. The molecule has 7 heteroatoms. The number of anilines is 1. The fourth-order valence-corrected chi connectivity index (χ4v) is 5.49. The Morgan fingerprint density at radius 3 is 2.32 bits per heavy atom. The zero-order chi connectivity index (χ0) is 26.4. The summed E-state index contributed by atoms with van der Waals surface area (Å²) in [5, 5.41) is 18.2. The predicted molar refractivity (Wildman–Crippen MR) is 149 cm³/mol. The summed E-state index contributed by atoms with van der Waals surface area (Å²) in [5.74, 6) is 1.34. The molecule has 1 atom stereocenters. The Morgan fingerprint density at radius 2 is 1.68 bits per heavy atom. The van der Waals surface area contributed by atoms with Gasteiger partial charge < -0.3 is 15.3 Å². The summed E-state index contributed by atoms with van der Waals surface area (Å²) in [4.78, 5) is 19.6. The number of carbonyl (C=O) groups excluding carboxylic acids is 1. The highest BCUT2D eigenvalue weighted by Crippen LogP contribution is 2.41. The van der Waals surface area contributed by atoms with E-state index in [0.29, 0.717) is 19.0 Å². The number of aliphatic hydroxyl groups is 1. The summed E-state index contributed by atoms with van der Waals surface area (Å²) >= 11 is 0. The van der Waals surface area contributed by atoms with Crippen LogP contribution in [0.25, 0.3) is 16.6 Å². The summed E-state index contributed by atoms with van der Waals surface area (Å²) in [7, 11) is 0. The number of benzene rings is 2. The average Bonchev–Trinajstić information content (AvgIpc) is 3.32. The SMILES string of the molecule is CC(C)c1ccc([C@H](C)NC(=O)C2CN(c3ncnn4cc(-c5ccc(C6(O)CCC6)cc5)cc34)C2)cc1. The Labute approximate surface area is 223 Å². The first-order valence-corrected chi connectivity index (χ1v) is 13.6. The summed E-state index contributed by atoms with van der Waals surface area (Å²) in [6.45, 7) is 7.66. The van der Waals surface area contributed by atoms with Gasteiger partial charge in [-0.3, -0.25) is 4.79 Å². The van der Waals surface area contributed by atoms with Gasteiger partial charge in [-0.05, 0) is 60.4 Å². The third-order valence-corrected chi connectivity index (χ3v) is 8.34. The minimum atomic E-state index is -0.654. The molecule has 4 aromatic rings. The third kappa shape index (κ3) is 4.45. The molecule has 1 saturated carbocycles. The van der Waals surface area contributed by atoms with Crippen molar-refractivity contribution in [1.29, 1.82) is 0 Å². The fraction of sp³-hybridized carbons (Fsp3) is 0.387. The first kappa shape index (κ1) is 24.6. The van der Waals surface area contributed by atoms with Crippen molar-refractivity contribution >= 4 is 17.2 Å². The molecule has 2 aromatic carbocycles. The van der Waals surface area contributed by atoms with Gasteiger partial charge in [0.1, 0.15) is 11.8 Å². The quantitative estimate of drug-likeness (QED) is 0.358. The van der Waals surface area contributed by atoms with Crippen LogP contribution in [0.3, 0.4) is 0 Å². The molecule has 196 valence electrons. The monoisotopic (exact) mass is 509 g/mol. The van der Waals surface area contributed by atoms with E-state index in [-0.39, 0.29) is 17.9 Å². The molecule has 2 aliphatic rings. The number of hydrogen-bond acceptors (Lipinski definition) is 5. The van der Waals surface area contributed by atoms with Crippen molar-refractivity contribution < 1.29 is 9.90 Å². The first-order valence-electron chi connectivity index (χ1n) is 13.6. The number of rotatable bonds is 7. The van der Waals surface area contributed by atoms with Crippen molar-refractivity contribution in [2.24, 2.45) is 5.92 Å². The molecule has 0 spiro atoms. The number of amides is 1. The average molecular weight is 510 g/mol. The van der Waals surface area contributed by atoms with E-state index in [2.05, 4.69) is 76.6 Å². The highest BCUT2D eigenvalue weighted by molar-refractivity contribution is 5.84. The number of nitrogens with one attached hydrogen (secondary N) is 1. The Morgan fingerprint density at radius 1 is 1.00 bits per heavy atom. The molecule has 6 rings (SSSR count). The molecule has 1 saturated heterocycles. The van der Waals surface area contributed by atoms with E-state index in [1.165, 1.54) is 5.56 Å². The molecule has 1 amide bonds. The Kier molecular flexibility index (Phi) is 6.19. The minimum absolute atomic E-state index is 0.0342. The molecular weight excluding hydrogens is 474 g/mol. The van der Waals surface area contributed by atoms with Crippen LogP contribution in [0.2, 0.25) is 0 Å². The second kappa shape index (κ2) is 9.55. The molecule has 3 heterocycles. The van der Waals surface area contributed by atoms with E-state index in [0.717, 1.165) is 52.9 Å². The minimum Gasteiger partial charge on any atom is -0.385 e. The Balaban J connectivity index is 1.11. The Bertz CT molecular complexity index is 1450. The maximum absolute atomic E-state index is 12.9. The van der Waals surface area contributed by atoms with Crippen LogP contribution in [0.15, 0.2) is 67.1 Å². The molecule has 0 unspecified atom stereocenters. The van der Waals surface area contributed by atoms with E-state index in [4.69, 9.17) is 0 Å². The van der Waals surface area contributed by atoms with Crippen molar-refractivity contribution in [1.82, 2.24) is 19.9 Å². The number of carbonyl (C=O) groups is 1. The first-order chi connectivity index (χ1) is 18.3. The van der Waals surface area contributed by atoms with Crippen LogP contribution in [-0.4, -0.2) is 38.7 Å². The van der Waals surface area contributed by atoms with Gasteiger partial charge in [-0.1, -0.05) is 62.4 Å². The molecule has 2 aromatic heterocycles. The smallest absolute Gasteiger partial charge is 0.227 e. The van der Waals surface area contributed by atoms with Gasteiger partial charge in [0.15, 0.2) is 5.82 Å². The fourth-order valence-electron chi connectivity index (χ4n) is 5.49. The zero-order valence-electron chi connectivity index (χ0n) is 22.3. The zero-order valence-corrected chi connectivity index (χ0v) is 22.3. The van der Waals surface area contributed by atoms with Gasteiger partial charge in [-0.25, -0.2) is 9.50 Å². The van der Waals surface area contributed by atoms with E-state index in [9.17, 15) is 9.90 Å². The van der Waals surface area contributed by atoms with E-state index in [1.807, 2.05) is 29.8 Å². The van der Waals surface area contributed by atoms with Gasteiger partial charge in [-0.15, -0.1) is 0 Å². The summed E-state index contributed by atoms with van der Waals surface area (Å²) in [6, 6.07) is 18.8. The summed E-state index contributed by atoms with van der Waals surface area (Å²) in [6.07, 6.45) is 6.32. The number of nitrogens with zero attached hydrogens (tertiary/aromatic N) is 4. The lowest BCUT2D eigenvalue weighted by Gasteiger charge is -2.39. The predicted octanol–water partition coefficient (Wildman–Crippen LogP) is 5.20. The van der Waals surface area contributed by atoms with Crippen LogP contribution < -0.4 is 10.2 Å². The summed E-state index contributed by atoms with van der Waals surface area (Å²) < 4.78 is 1.85. The lowest BCUT2D eigenvalue weighted by molar-refractivity contribution is -0.126. The Hall–Kier alpha value is -3.71. The molecular formula is C31H35N5O2. The molecule has 2 fully saturated rings. The van der Waals surface area contributed by atoms with E-state index in [1.54, 1.807) is 6.33 Å². The second-order valence-corrected chi connectivity index (χ2v) is 11.3. The standard InChI is InChI=1S/C31H35N5O2/c1-20(2)22-5-7-23(8-6-22)21(3)34-30(37)26-16-35(17-26)29-28-15-25(18-36(28)33-19-32-29)24-9-11-27(12-10-24)31(38)13-4-14-31/h5-12,15,18-21,26,38H,4,13-14,16-17H2,1-3H3,(H,34,37)/t21-/m0/s1. The molecule has 2 N–H and O–H groups in total. The van der Waals surface area contributed by atoms with Crippen molar-refractivity contribution in [2.75, 3.05) is 18.0 Å². The van der Waals surface area contributed by atoms with Gasteiger partial charge in [0.25, 0.3) is 0 Å². The van der Waals surface area contributed by atoms with Crippen molar-refractivity contribution in [2.45, 2.75) is 57.6 Å². The molecule has 38 heavy (non-hydrogen) atoms. The van der Waals surface area contributed by atoms with Crippen LogP contribution in [0.5, 0.6) is 0 Å². The molecule has 0 radical (unpaired) electrons. The van der Waals surface area contributed by atoms with E-state index < -0.39 is 5.60 Å². The van der Waals surface area contributed by atoms with Gasteiger partial charge in [0, 0.05) is 24.8 Å². The largest absolute Gasteiger partial charge is 0.385 e. The van der Waals surface area contributed by atoms with Gasteiger partial charge >= 0.3 is 0 Å². The normalized spacial score (nSPS) is 17.8. The van der Waals surface area contributed by atoms with E-state index >= 15 is 0 Å². The second-order valence-electron chi connectivity index (χ2n) is 11.3. The summed E-state index contributed by atoms with van der Waals surface area (Å²) in [5.41, 5.74) is 5.79. The number of fused-ring (bicyclic) bond motifs is 1. The van der Waals surface area contributed by atoms with Gasteiger partial charge in [0.05, 0.1) is 17.6 Å². The highest BCUT2D eigenvalue weighted by Gasteiger charge is 2.36. The highest BCUT2D eigenvalue weighted by atomic mass is 16.3. The molecule has 1 aliphatic heterocycles. The van der Waals surface area contributed by atoms with Crippen LogP contribution >= 0.6 is 0 Å². The van der Waals surface area contributed by atoms with Crippen LogP contribution in [-0.2, 0) is 10.4 Å². The van der Waals surface area contributed by atoms with Crippen molar-refractivity contribution in [3.63, 3.8) is 0 Å². The van der Waals surface area contributed by atoms with Crippen LogP contribution in [0, 0.1) is 5.92 Å². The van der Waals surface area contributed by atoms with Gasteiger partial charge in [0.2, 0.25) is 5.91 Å². The third-order valence-electron chi connectivity index (χ3n) is 8.34.